The molecule has 0 spiro atoms. The Kier molecular flexibility index (Phi) is 5.05. The lowest BCUT2D eigenvalue weighted by Crippen LogP contribution is -2.21. The number of benzene rings is 1. The van der Waals surface area contributed by atoms with E-state index in [1.807, 2.05) is 13.8 Å². The van der Waals surface area contributed by atoms with Crippen molar-refractivity contribution in [2.75, 3.05) is 6.26 Å². The van der Waals surface area contributed by atoms with E-state index in [4.69, 9.17) is 16.3 Å². The van der Waals surface area contributed by atoms with Crippen LogP contribution < -0.4 is 4.74 Å². The minimum Gasteiger partial charge on any atom is -0.491 e. The monoisotopic (exact) mass is 290 g/mol. The quantitative estimate of drug-likeness (QED) is 0.782. The van der Waals surface area contributed by atoms with Crippen LogP contribution in [0.1, 0.15) is 31.7 Å². The predicted molar refractivity (Wildman–Crippen MR) is 75.1 cm³/mol. The molecule has 3 nitrogen and oxygen atoms in total. The first-order chi connectivity index (χ1) is 8.21. The fourth-order valence-corrected chi connectivity index (χ4v) is 2.79. The Hall–Kier alpha value is -0.740. The number of halogens is 1. The van der Waals surface area contributed by atoms with Crippen LogP contribution in [0, 0.1) is 0 Å². The maximum absolute atomic E-state index is 11.4. The van der Waals surface area contributed by atoms with Crippen LogP contribution in [0.5, 0.6) is 5.75 Å². The van der Waals surface area contributed by atoms with E-state index in [-0.39, 0.29) is 6.10 Å². The molecule has 0 N–H and O–H groups in total. The van der Waals surface area contributed by atoms with Gasteiger partial charge in [-0.2, -0.15) is 0 Å². The van der Waals surface area contributed by atoms with Crippen molar-refractivity contribution >= 4 is 21.4 Å². The summed E-state index contributed by atoms with van der Waals surface area (Å²) < 4.78 is 28.4. The summed E-state index contributed by atoms with van der Waals surface area (Å²) in [5, 5.41) is -1.16. The van der Waals surface area contributed by atoms with Crippen LogP contribution in [0.3, 0.4) is 0 Å². The zero-order chi connectivity index (χ0) is 13.9. The molecule has 5 heteroatoms. The average Bonchev–Trinajstić information content (AvgIpc) is 2.26. The number of alkyl halides is 1. The number of rotatable bonds is 5. The molecule has 102 valence electrons. The van der Waals surface area contributed by atoms with Crippen LogP contribution in [0.2, 0.25) is 0 Å². The van der Waals surface area contributed by atoms with Crippen molar-refractivity contribution in [3.63, 3.8) is 0 Å². The second kappa shape index (κ2) is 5.93. The topological polar surface area (TPSA) is 43.4 Å². The van der Waals surface area contributed by atoms with Crippen molar-refractivity contribution in [2.24, 2.45) is 0 Å². The third-order valence-corrected chi connectivity index (χ3v) is 5.06. The van der Waals surface area contributed by atoms with E-state index in [9.17, 15) is 8.42 Å². The molecule has 1 aromatic rings. The average molecular weight is 291 g/mol. The van der Waals surface area contributed by atoms with Gasteiger partial charge in [-0.05, 0) is 38.5 Å². The molecule has 18 heavy (non-hydrogen) atoms. The molecule has 0 fully saturated rings. The highest BCUT2D eigenvalue weighted by molar-refractivity contribution is 7.91. The van der Waals surface area contributed by atoms with Crippen LogP contribution in [-0.4, -0.2) is 26.0 Å². The number of hydrogen-bond donors (Lipinski definition) is 0. The minimum absolute atomic E-state index is 0.109. The number of hydrogen-bond acceptors (Lipinski definition) is 3. The van der Waals surface area contributed by atoms with Gasteiger partial charge in [-0.15, -0.1) is 11.6 Å². The number of ether oxygens (including phenoxy) is 1. The highest BCUT2D eigenvalue weighted by Crippen LogP contribution is 2.29. The smallest absolute Gasteiger partial charge is 0.151 e. The standard InChI is InChI=1S/C13H19ClO3S/c1-9(2)17-12-7-5-11(6-8-12)13(14)10(3)18(4,15)16/h5-10,13H,1-4H3. The van der Waals surface area contributed by atoms with Crippen molar-refractivity contribution in [2.45, 2.75) is 37.5 Å². The van der Waals surface area contributed by atoms with Crippen molar-refractivity contribution in [3.8, 4) is 5.75 Å². The van der Waals surface area contributed by atoms with Crippen molar-refractivity contribution in [1.29, 1.82) is 0 Å². The second-order valence-corrected chi connectivity index (χ2v) is 7.54. The molecule has 0 saturated carbocycles. The van der Waals surface area contributed by atoms with Gasteiger partial charge in [-0.3, -0.25) is 0 Å². The normalized spacial score (nSPS) is 15.4. The molecule has 0 radical (unpaired) electrons. The summed E-state index contributed by atoms with van der Waals surface area (Å²) in [7, 11) is -3.14. The lowest BCUT2D eigenvalue weighted by atomic mass is 10.1. The molecule has 0 aliphatic heterocycles. The van der Waals surface area contributed by atoms with E-state index >= 15 is 0 Å². The fourth-order valence-electron chi connectivity index (χ4n) is 1.49. The Morgan fingerprint density at radius 2 is 1.61 bits per heavy atom. The molecular weight excluding hydrogens is 272 g/mol. The summed E-state index contributed by atoms with van der Waals surface area (Å²) in [6, 6.07) is 7.22. The SMILES string of the molecule is CC(C)Oc1ccc(C(Cl)C(C)S(C)(=O)=O)cc1. The van der Waals surface area contributed by atoms with E-state index in [0.717, 1.165) is 11.3 Å². The fraction of sp³-hybridized carbons (Fsp3) is 0.538. The van der Waals surface area contributed by atoms with Crippen LogP contribution >= 0.6 is 11.6 Å². The second-order valence-electron chi connectivity index (χ2n) is 4.67. The van der Waals surface area contributed by atoms with E-state index in [0.29, 0.717) is 0 Å². The summed E-state index contributed by atoms with van der Waals surface area (Å²) in [6.45, 7) is 5.51. The third-order valence-electron chi connectivity index (χ3n) is 2.66. The van der Waals surface area contributed by atoms with E-state index in [1.165, 1.54) is 6.26 Å². The molecule has 0 amide bonds. The van der Waals surface area contributed by atoms with E-state index < -0.39 is 20.5 Å². The number of sulfone groups is 1. The van der Waals surface area contributed by atoms with Gasteiger partial charge >= 0.3 is 0 Å². The van der Waals surface area contributed by atoms with Gasteiger partial charge in [0, 0.05) is 6.26 Å². The maximum Gasteiger partial charge on any atom is 0.151 e. The van der Waals surface area contributed by atoms with Crippen LogP contribution in [0.25, 0.3) is 0 Å². The highest BCUT2D eigenvalue weighted by atomic mass is 35.5. The first-order valence-corrected chi connectivity index (χ1v) is 8.20. The Bertz CT molecular complexity index is 479. The molecule has 0 aromatic heterocycles. The Morgan fingerprint density at radius 3 is 2.00 bits per heavy atom. The largest absolute Gasteiger partial charge is 0.491 e. The first kappa shape index (κ1) is 15.3. The lowest BCUT2D eigenvalue weighted by Gasteiger charge is -2.17. The van der Waals surface area contributed by atoms with Gasteiger partial charge in [0.25, 0.3) is 0 Å². The molecule has 2 unspecified atom stereocenters. The maximum atomic E-state index is 11.4. The van der Waals surface area contributed by atoms with Crippen LogP contribution in [0.4, 0.5) is 0 Å². The van der Waals surface area contributed by atoms with Gasteiger partial charge in [0.15, 0.2) is 9.84 Å². The minimum atomic E-state index is -3.14. The summed E-state index contributed by atoms with van der Waals surface area (Å²) in [6.07, 6.45) is 1.31. The first-order valence-electron chi connectivity index (χ1n) is 5.81. The van der Waals surface area contributed by atoms with Gasteiger partial charge in [0.2, 0.25) is 0 Å². The zero-order valence-corrected chi connectivity index (χ0v) is 12.6. The van der Waals surface area contributed by atoms with Crippen molar-refractivity contribution < 1.29 is 13.2 Å². The van der Waals surface area contributed by atoms with Gasteiger partial charge in [-0.25, -0.2) is 8.42 Å². The molecule has 0 aliphatic carbocycles. The van der Waals surface area contributed by atoms with E-state index in [2.05, 4.69) is 0 Å². The van der Waals surface area contributed by atoms with Gasteiger partial charge in [-0.1, -0.05) is 12.1 Å². The molecular formula is C13H19ClO3S. The Balaban J connectivity index is 2.85. The molecule has 0 saturated heterocycles. The van der Waals surface area contributed by atoms with Gasteiger partial charge in [0.05, 0.1) is 16.7 Å². The molecule has 1 rings (SSSR count). The Labute approximate surface area is 114 Å². The van der Waals surface area contributed by atoms with Crippen molar-refractivity contribution in [1.82, 2.24) is 0 Å². The molecule has 0 aliphatic rings. The highest BCUT2D eigenvalue weighted by Gasteiger charge is 2.25. The van der Waals surface area contributed by atoms with Gasteiger partial charge < -0.3 is 4.74 Å². The lowest BCUT2D eigenvalue weighted by molar-refractivity contribution is 0.242. The Morgan fingerprint density at radius 1 is 1.11 bits per heavy atom. The van der Waals surface area contributed by atoms with E-state index in [1.54, 1.807) is 31.2 Å². The summed E-state index contributed by atoms with van der Waals surface area (Å²) in [5.74, 6) is 0.754. The van der Waals surface area contributed by atoms with Crippen LogP contribution in [-0.2, 0) is 9.84 Å². The molecule has 0 heterocycles. The predicted octanol–water partition coefficient (Wildman–Crippen LogP) is 3.19. The van der Waals surface area contributed by atoms with Crippen molar-refractivity contribution in [3.05, 3.63) is 29.8 Å². The molecule has 2 atom stereocenters. The zero-order valence-electron chi connectivity index (χ0n) is 11.1. The summed E-state index contributed by atoms with van der Waals surface area (Å²) >= 11 is 6.18. The third kappa shape index (κ3) is 4.18. The van der Waals surface area contributed by atoms with Gasteiger partial charge in [0.1, 0.15) is 5.75 Å². The summed E-state index contributed by atoms with van der Waals surface area (Å²) in [5.41, 5.74) is 0.783. The molecule has 1 aromatic carbocycles. The summed E-state index contributed by atoms with van der Waals surface area (Å²) in [4.78, 5) is 0. The van der Waals surface area contributed by atoms with Crippen LogP contribution in [0.15, 0.2) is 24.3 Å². The molecule has 0 bridgehead atoms.